The molecule has 0 unspecified atom stereocenters. The smallest absolute Gasteiger partial charge is 0.100 e. The Bertz CT molecular complexity index is 632. The molecular weight excluding hydrogens is 285 g/mol. The van der Waals surface area contributed by atoms with E-state index in [0.29, 0.717) is 15.6 Å². The molecule has 2 aromatic rings. The first-order valence-corrected chi connectivity index (χ1v) is 6.81. The van der Waals surface area contributed by atoms with E-state index >= 15 is 0 Å². The van der Waals surface area contributed by atoms with E-state index in [9.17, 15) is 0 Å². The van der Waals surface area contributed by atoms with Crippen molar-refractivity contribution >= 4 is 35.0 Å². The van der Waals surface area contributed by atoms with Crippen LogP contribution in [0, 0.1) is 18.3 Å². The van der Waals surface area contributed by atoms with Gasteiger partial charge in [-0.1, -0.05) is 41.0 Å². The molecule has 0 aliphatic carbocycles. The van der Waals surface area contributed by atoms with E-state index in [4.69, 9.17) is 28.5 Å². The van der Waals surface area contributed by atoms with E-state index in [1.54, 1.807) is 12.1 Å². The monoisotopic (exact) mass is 293 g/mol. The summed E-state index contributed by atoms with van der Waals surface area (Å²) in [4.78, 5) is 1.88. The highest BCUT2D eigenvalue weighted by Gasteiger charge is 2.06. The van der Waals surface area contributed by atoms with E-state index < -0.39 is 0 Å². The highest BCUT2D eigenvalue weighted by atomic mass is 35.5. The van der Waals surface area contributed by atoms with Crippen molar-refractivity contribution in [2.45, 2.75) is 16.7 Å². The van der Waals surface area contributed by atoms with Gasteiger partial charge in [-0.2, -0.15) is 5.26 Å². The molecule has 2 aromatic carbocycles. The van der Waals surface area contributed by atoms with Crippen LogP contribution in [0.4, 0.5) is 0 Å². The number of nitrogens with zero attached hydrogens (tertiary/aromatic N) is 1. The van der Waals surface area contributed by atoms with Crippen LogP contribution in [-0.2, 0) is 0 Å². The lowest BCUT2D eigenvalue weighted by Gasteiger charge is -2.06. The van der Waals surface area contributed by atoms with E-state index in [1.807, 2.05) is 31.2 Å². The molecule has 90 valence electrons. The first kappa shape index (κ1) is 13.3. The molecule has 0 atom stereocenters. The molecule has 0 saturated carbocycles. The van der Waals surface area contributed by atoms with Crippen molar-refractivity contribution in [1.29, 1.82) is 5.26 Å². The second-order valence-corrected chi connectivity index (χ2v) is 5.72. The predicted molar refractivity (Wildman–Crippen MR) is 76.5 cm³/mol. The van der Waals surface area contributed by atoms with Crippen LogP contribution < -0.4 is 0 Å². The Morgan fingerprint density at radius 3 is 2.50 bits per heavy atom. The zero-order chi connectivity index (χ0) is 13.1. The molecule has 0 radical (unpaired) electrons. The fraction of sp³-hybridized carbons (Fsp3) is 0.0714. The molecule has 0 aromatic heterocycles. The van der Waals surface area contributed by atoms with Gasteiger partial charge >= 0.3 is 0 Å². The Labute approximate surface area is 120 Å². The summed E-state index contributed by atoms with van der Waals surface area (Å²) < 4.78 is 0. The minimum Gasteiger partial charge on any atom is -0.192 e. The van der Waals surface area contributed by atoms with Gasteiger partial charge in [-0.15, -0.1) is 0 Å². The topological polar surface area (TPSA) is 23.8 Å². The van der Waals surface area contributed by atoms with Crippen LogP contribution in [0.25, 0.3) is 0 Å². The number of rotatable bonds is 2. The van der Waals surface area contributed by atoms with Gasteiger partial charge in [0.15, 0.2) is 0 Å². The van der Waals surface area contributed by atoms with Crippen molar-refractivity contribution in [2.75, 3.05) is 0 Å². The summed E-state index contributed by atoms with van der Waals surface area (Å²) in [6.07, 6.45) is 0. The van der Waals surface area contributed by atoms with E-state index in [2.05, 4.69) is 6.07 Å². The van der Waals surface area contributed by atoms with Gasteiger partial charge in [0, 0.05) is 9.79 Å². The van der Waals surface area contributed by atoms with Gasteiger partial charge in [-0.05, 0) is 42.8 Å². The number of halogens is 2. The number of aryl methyl sites for hydroxylation is 1. The third-order valence-corrected chi connectivity index (χ3v) is 4.18. The zero-order valence-electron chi connectivity index (χ0n) is 9.58. The minimum absolute atomic E-state index is 0.521. The molecule has 0 saturated heterocycles. The molecule has 1 nitrogen and oxygen atoms in total. The standard InChI is InChI=1S/C14H9Cl2NS/c1-9-2-5-14(10(6-9)8-17)18-11-3-4-12(15)13(16)7-11/h2-7H,1H3. The molecular formula is C14H9Cl2NS. The summed E-state index contributed by atoms with van der Waals surface area (Å²) in [6, 6.07) is 13.5. The van der Waals surface area contributed by atoms with Crippen LogP contribution in [-0.4, -0.2) is 0 Å². The summed E-state index contributed by atoms with van der Waals surface area (Å²) >= 11 is 13.3. The normalized spacial score (nSPS) is 10.1. The van der Waals surface area contributed by atoms with Crippen molar-refractivity contribution < 1.29 is 0 Å². The third kappa shape index (κ3) is 3.00. The first-order chi connectivity index (χ1) is 8.60. The van der Waals surface area contributed by atoms with Crippen LogP contribution in [0.1, 0.15) is 11.1 Å². The maximum absolute atomic E-state index is 9.11. The lowest BCUT2D eigenvalue weighted by atomic mass is 10.2. The van der Waals surface area contributed by atoms with Gasteiger partial charge in [-0.3, -0.25) is 0 Å². The Morgan fingerprint density at radius 1 is 1.06 bits per heavy atom. The molecule has 0 spiro atoms. The summed E-state index contributed by atoms with van der Waals surface area (Å²) in [6.45, 7) is 1.97. The molecule has 0 fully saturated rings. The number of hydrogen-bond acceptors (Lipinski definition) is 2. The van der Waals surface area contributed by atoms with Crippen LogP contribution >= 0.6 is 35.0 Å². The molecule has 0 amide bonds. The fourth-order valence-electron chi connectivity index (χ4n) is 1.49. The highest BCUT2D eigenvalue weighted by molar-refractivity contribution is 7.99. The van der Waals surface area contributed by atoms with E-state index in [1.165, 1.54) is 11.8 Å². The Hall–Kier alpha value is -1.14. The van der Waals surface area contributed by atoms with Gasteiger partial charge in [-0.25, -0.2) is 0 Å². The van der Waals surface area contributed by atoms with Gasteiger partial charge in [0.2, 0.25) is 0 Å². The number of hydrogen-bond donors (Lipinski definition) is 0. The van der Waals surface area contributed by atoms with E-state index in [-0.39, 0.29) is 0 Å². The maximum atomic E-state index is 9.11. The summed E-state index contributed by atoms with van der Waals surface area (Å²) in [7, 11) is 0. The first-order valence-electron chi connectivity index (χ1n) is 5.24. The zero-order valence-corrected chi connectivity index (χ0v) is 11.9. The van der Waals surface area contributed by atoms with Gasteiger partial charge in [0.05, 0.1) is 15.6 Å². The fourth-order valence-corrected chi connectivity index (χ4v) is 2.77. The Balaban J connectivity index is 2.34. The Kier molecular flexibility index (Phi) is 4.19. The molecule has 4 heteroatoms. The Morgan fingerprint density at radius 2 is 1.83 bits per heavy atom. The second-order valence-electron chi connectivity index (χ2n) is 3.79. The summed E-state index contributed by atoms with van der Waals surface area (Å²) in [5.74, 6) is 0. The molecule has 0 aliphatic heterocycles. The number of benzene rings is 2. The molecule has 0 aliphatic rings. The van der Waals surface area contributed by atoms with Crippen molar-refractivity contribution in [1.82, 2.24) is 0 Å². The molecule has 18 heavy (non-hydrogen) atoms. The van der Waals surface area contributed by atoms with Crippen molar-refractivity contribution in [3.8, 4) is 6.07 Å². The quantitative estimate of drug-likeness (QED) is 0.748. The minimum atomic E-state index is 0.521. The van der Waals surface area contributed by atoms with E-state index in [0.717, 1.165) is 15.4 Å². The molecule has 0 N–H and O–H groups in total. The van der Waals surface area contributed by atoms with Gasteiger partial charge in [0.1, 0.15) is 6.07 Å². The van der Waals surface area contributed by atoms with Gasteiger partial charge in [0.25, 0.3) is 0 Å². The average molecular weight is 294 g/mol. The number of nitriles is 1. The summed E-state index contributed by atoms with van der Waals surface area (Å²) in [5, 5.41) is 10.2. The van der Waals surface area contributed by atoms with Crippen molar-refractivity contribution in [2.24, 2.45) is 0 Å². The largest absolute Gasteiger partial charge is 0.192 e. The highest BCUT2D eigenvalue weighted by Crippen LogP contribution is 2.34. The third-order valence-electron chi connectivity index (χ3n) is 2.37. The maximum Gasteiger partial charge on any atom is 0.100 e. The molecule has 2 rings (SSSR count). The van der Waals surface area contributed by atoms with Crippen LogP contribution in [0.5, 0.6) is 0 Å². The lowest BCUT2D eigenvalue weighted by molar-refractivity contribution is 1.31. The second kappa shape index (κ2) is 5.67. The average Bonchev–Trinajstić information content (AvgIpc) is 2.36. The summed E-state index contributed by atoms with van der Waals surface area (Å²) in [5.41, 5.74) is 1.75. The predicted octanol–water partition coefficient (Wildman–Crippen LogP) is 5.32. The lowest BCUT2D eigenvalue weighted by Crippen LogP contribution is -1.83. The van der Waals surface area contributed by atoms with Crippen molar-refractivity contribution in [3.05, 3.63) is 57.6 Å². The van der Waals surface area contributed by atoms with Crippen LogP contribution in [0.15, 0.2) is 46.2 Å². The van der Waals surface area contributed by atoms with Gasteiger partial charge < -0.3 is 0 Å². The van der Waals surface area contributed by atoms with Crippen LogP contribution in [0.2, 0.25) is 10.0 Å². The SMILES string of the molecule is Cc1ccc(Sc2ccc(Cl)c(Cl)c2)c(C#N)c1. The molecule has 0 heterocycles. The molecule has 0 bridgehead atoms. The van der Waals surface area contributed by atoms with Crippen molar-refractivity contribution in [3.63, 3.8) is 0 Å². The van der Waals surface area contributed by atoms with Crippen LogP contribution in [0.3, 0.4) is 0 Å².